The summed E-state index contributed by atoms with van der Waals surface area (Å²) in [5.74, 6) is 0. The molecule has 0 amide bonds. The highest BCUT2D eigenvalue weighted by Crippen LogP contribution is 2.09. The van der Waals surface area contributed by atoms with Crippen LogP contribution in [-0.2, 0) is 9.47 Å². The van der Waals surface area contributed by atoms with Gasteiger partial charge in [-0.1, -0.05) is 13.8 Å². The predicted molar refractivity (Wildman–Crippen MR) is 54.8 cm³/mol. The fourth-order valence-corrected chi connectivity index (χ4v) is 1.18. The molecule has 0 aliphatic rings. The minimum Gasteiger partial charge on any atom is -0.354 e. The van der Waals surface area contributed by atoms with Gasteiger partial charge in [-0.05, 0) is 26.8 Å². The van der Waals surface area contributed by atoms with Gasteiger partial charge in [-0.3, -0.25) is 0 Å². The summed E-state index contributed by atoms with van der Waals surface area (Å²) >= 11 is 0. The molecule has 2 atom stereocenters. The van der Waals surface area contributed by atoms with Crippen LogP contribution < -0.4 is 5.32 Å². The second kappa shape index (κ2) is 7.30. The smallest absolute Gasteiger partial charge is 0.172 e. The van der Waals surface area contributed by atoms with Crippen LogP contribution in [0.15, 0.2) is 0 Å². The average Bonchev–Trinajstić information content (AvgIpc) is 2.19. The fourth-order valence-electron chi connectivity index (χ4n) is 1.18. The lowest BCUT2D eigenvalue weighted by Gasteiger charge is -2.26. The summed E-state index contributed by atoms with van der Waals surface area (Å²) in [7, 11) is 3.59. The number of nitrogens with one attached hydrogen (secondary N) is 1. The Labute approximate surface area is 81.8 Å². The number of ether oxygens (including phenoxy) is 2. The van der Waals surface area contributed by atoms with Gasteiger partial charge in [0.05, 0.1) is 12.1 Å². The molecule has 80 valence electrons. The van der Waals surface area contributed by atoms with Gasteiger partial charge in [-0.25, -0.2) is 0 Å². The van der Waals surface area contributed by atoms with Crippen LogP contribution in [0.25, 0.3) is 0 Å². The Morgan fingerprint density at radius 2 is 1.77 bits per heavy atom. The molecule has 0 spiro atoms. The summed E-state index contributed by atoms with van der Waals surface area (Å²) in [6.07, 6.45) is 2.23. The molecular formula is C10H23NO2. The molecule has 0 heterocycles. The zero-order chi connectivity index (χ0) is 10.3. The highest BCUT2D eigenvalue weighted by atomic mass is 16.7. The first-order valence-electron chi connectivity index (χ1n) is 5.05. The fraction of sp³-hybridized carbons (Fsp3) is 1.00. The predicted octanol–water partition coefficient (Wildman–Crippen LogP) is 1.77. The van der Waals surface area contributed by atoms with E-state index in [1.807, 2.05) is 7.05 Å². The summed E-state index contributed by atoms with van der Waals surface area (Å²) in [5.41, 5.74) is 0. The van der Waals surface area contributed by atoms with E-state index in [1.165, 1.54) is 0 Å². The van der Waals surface area contributed by atoms with E-state index in [-0.39, 0.29) is 12.3 Å². The van der Waals surface area contributed by atoms with E-state index in [2.05, 4.69) is 26.1 Å². The second-order valence-electron chi connectivity index (χ2n) is 3.26. The number of likely N-dealkylation sites (N-methyl/N-ethyl adjacent to an activating group) is 1. The number of hydrogen-bond acceptors (Lipinski definition) is 3. The minimum absolute atomic E-state index is 0.144. The third-order valence-electron chi connectivity index (χ3n) is 2.33. The molecule has 0 rings (SSSR count). The minimum atomic E-state index is -0.144. The lowest BCUT2D eigenvalue weighted by Crippen LogP contribution is -2.40. The molecule has 0 aromatic rings. The van der Waals surface area contributed by atoms with Gasteiger partial charge >= 0.3 is 0 Å². The van der Waals surface area contributed by atoms with Crippen LogP contribution >= 0.6 is 0 Å². The first-order chi connectivity index (χ1) is 6.19. The summed E-state index contributed by atoms with van der Waals surface area (Å²) in [6, 6.07) is 0.227. The third kappa shape index (κ3) is 4.60. The third-order valence-corrected chi connectivity index (χ3v) is 2.33. The van der Waals surface area contributed by atoms with Crippen LogP contribution in [0.1, 0.15) is 33.6 Å². The molecular weight excluding hydrogens is 166 g/mol. The zero-order valence-electron chi connectivity index (χ0n) is 9.46. The van der Waals surface area contributed by atoms with E-state index >= 15 is 0 Å². The van der Waals surface area contributed by atoms with Crippen LogP contribution in [0.5, 0.6) is 0 Å². The van der Waals surface area contributed by atoms with Gasteiger partial charge < -0.3 is 14.8 Å². The molecule has 0 aromatic heterocycles. The standard InChI is InChI=1S/C10H23NO2/c1-6-9(7-2)13-10(12-5)8(3)11-4/h8-11H,6-7H2,1-5H3. The van der Waals surface area contributed by atoms with E-state index in [0.717, 1.165) is 12.8 Å². The molecule has 0 aliphatic heterocycles. The first kappa shape index (κ1) is 12.9. The topological polar surface area (TPSA) is 30.5 Å². The van der Waals surface area contributed by atoms with Gasteiger partial charge in [0.2, 0.25) is 0 Å². The molecule has 0 bridgehead atoms. The van der Waals surface area contributed by atoms with Crippen molar-refractivity contribution in [1.29, 1.82) is 0 Å². The summed E-state index contributed by atoms with van der Waals surface area (Å²) in [6.45, 7) is 6.31. The van der Waals surface area contributed by atoms with Crippen LogP contribution in [-0.4, -0.2) is 32.6 Å². The van der Waals surface area contributed by atoms with Gasteiger partial charge in [-0.2, -0.15) is 0 Å². The van der Waals surface area contributed by atoms with Crippen molar-refractivity contribution in [3.8, 4) is 0 Å². The van der Waals surface area contributed by atoms with Crippen LogP contribution in [0, 0.1) is 0 Å². The Bertz CT molecular complexity index is 115. The van der Waals surface area contributed by atoms with Crippen LogP contribution in [0.4, 0.5) is 0 Å². The first-order valence-corrected chi connectivity index (χ1v) is 5.05. The Kier molecular flexibility index (Phi) is 7.23. The van der Waals surface area contributed by atoms with Crippen LogP contribution in [0.3, 0.4) is 0 Å². The van der Waals surface area contributed by atoms with Crippen LogP contribution in [0.2, 0.25) is 0 Å². The van der Waals surface area contributed by atoms with Gasteiger partial charge in [-0.15, -0.1) is 0 Å². The van der Waals surface area contributed by atoms with Crippen molar-refractivity contribution in [1.82, 2.24) is 5.32 Å². The van der Waals surface area contributed by atoms with E-state index in [9.17, 15) is 0 Å². The summed E-state index contributed by atoms with van der Waals surface area (Å²) in [4.78, 5) is 0. The van der Waals surface area contributed by atoms with Crippen molar-refractivity contribution in [2.45, 2.75) is 52.0 Å². The van der Waals surface area contributed by atoms with E-state index in [0.29, 0.717) is 6.10 Å². The quantitative estimate of drug-likeness (QED) is 0.619. The van der Waals surface area contributed by atoms with Crippen molar-refractivity contribution in [2.75, 3.05) is 14.2 Å². The zero-order valence-corrected chi connectivity index (χ0v) is 9.46. The molecule has 0 aromatic carbocycles. The maximum absolute atomic E-state index is 5.77. The highest BCUT2D eigenvalue weighted by molar-refractivity contribution is 4.64. The second-order valence-corrected chi connectivity index (χ2v) is 3.26. The number of hydrogen-bond donors (Lipinski definition) is 1. The molecule has 0 aliphatic carbocycles. The molecule has 2 unspecified atom stereocenters. The van der Waals surface area contributed by atoms with Crippen molar-refractivity contribution in [3.63, 3.8) is 0 Å². The van der Waals surface area contributed by atoms with E-state index in [1.54, 1.807) is 7.11 Å². The van der Waals surface area contributed by atoms with E-state index in [4.69, 9.17) is 9.47 Å². The van der Waals surface area contributed by atoms with Crippen molar-refractivity contribution >= 4 is 0 Å². The lowest BCUT2D eigenvalue weighted by atomic mass is 10.2. The Hall–Kier alpha value is -0.120. The average molecular weight is 189 g/mol. The maximum Gasteiger partial charge on any atom is 0.172 e. The number of rotatable bonds is 7. The van der Waals surface area contributed by atoms with Crippen molar-refractivity contribution < 1.29 is 9.47 Å². The SMILES string of the molecule is CCC(CC)OC(OC)C(C)NC. The van der Waals surface area contributed by atoms with Gasteiger partial charge in [0, 0.05) is 7.11 Å². The molecule has 0 fully saturated rings. The molecule has 3 heteroatoms. The summed E-state index contributed by atoms with van der Waals surface area (Å²) in [5, 5.41) is 3.12. The molecule has 3 nitrogen and oxygen atoms in total. The molecule has 0 saturated carbocycles. The number of methoxy groups -OCH3 is 1. The van der Waals surface area contributed by atoms with Gasteiger partial charge in [0.25, 0.3) is 0 Å². The Morgan fingerprint density at radius 1 is 1.23 bits per heavy atom. The molecule has 0 radical (unpaired) electrons. The summed E-state index contributed by atoms with van der Waals surface area (Å²) < 4.78 is 11.0. The molecule has 1 N–H and O–H groups in total. The normalized spacial score (nSPS) is 16.2. The van der Waals surface area contributed by atoms with Crippen molar-refractivity contribution in [2.24, 2.45) is 0 Å². The Balaban J connectivity index is 3.94. The lowest BCUT2D eigenvalue weighted by molar-refractivity contribution is -0.169. The molecule has 0 saturated heterocycles. The largest absolute Gasteiger partial charge is 0.354 e. The van der Waals surface area contributed by atoms with Crippen molar-refractivity contribution in [3.05, 3.63) is 0 Å². The van der Waals surface area contributed by atoms with Gasteiger partial charge in [0.15, 0.2) is 6.29 Å². The Morgan fingerprint density at radius 3 is 2.08 bits per heavy atom. The van der Waals surface area contributed by atoms with E-state index < -0.39 is 0 Å². The monoisotopic (exact) mass is 189 g/mol. The highest BCUT2D eigenvalue weighted by Gasteiger charge is 2.18. The maximum atomic E-state index is 5.77. The molecule has 13 heavy (non-hydrogen) atoms. The van der Waals surface area contributed by atoms with Gasteiger partial charge in [0.1, 0.15) is 0 Å².